The molecule has 1 heteroatoms. The highest BCUT2D eigenvalue weighted by Gasteiger charge is 2.20. The lowest BCUT2D eigenvalue weighted by molar-refractivity contribution is 0.362. The largest absolute Gasteiger partial charge is 0.176 e. The van der Waals surface area contributed by atoms with E-state index in [0.29, 0.717) is 0 Å². The Kier molecular flexibility index (Phi) is 1.09. The Morgan fingerprint density at radius 1 is 1.50 bits per heavy atom. The smallest absolute Gasteiger partial charge is 0.00218 e. The van der Waals surface area contributed by atoms with Crippen LogP contribution in [0.15, 0.2) is 0 Å². The highest BCUT2D eigenvalue weighted by molar-refractivity contribution is 7.81. The van der Waals surface area contributed by atoms with Crippen molar-refractivity contribution in [1.82, 2.24) is 0 Å². The summed E-state index contributed by atoms with van der Waals surface area (Å²) < 4.78 is 0. The summed E-state index contributed by atoms with van der Waals surface area (Å²) in [7, 11) is 0. The van der Waals surface area contributed by atoms with Crippen molar-refractivity contribution in [3.05, 3.63) is 0 Å². The van der Waals surface area contributed by atoms with Gasteiger partial charge in [0.25, 0.3) is 0 Å². The van der Waals surface area contributed by atoms with Gasteiger partial charge in [-0.3, -0.25) is 0 Å². The van der Waals surface area contributed by atoms with E-state index in [1.165, 1.54) is 12.8 Å². The molecule has 1 fully saturated rings. The predicted octanol–water partition coefficient (Wildman–Crippen LogP) is 1.71. The van der Waals surface area contributed by atoms with Crippen LogP contribution >= 0.6 is 12.6 Å². The maximum Gasteiger partial charge on any atom is 0.00218 e. The van der Waals surface area contributed by atoms with Crippen LogP contribution in [0.25, 0.3) is 0 Å². The van der Waals surface area contributed by atoms with E-state index in [4.69, 9.17) is 0 Å². The van der Waals surface area contributed by atoms with Gasteiger partial charge in [-0.15, -0.1) is 0 Å². The second kappa shape index (κ2) is 1.45. The fraction of sp³-hybridized carbons (Fsp3) is 1.00. The van der Waals surface area contributed by atoms with Crippen LogP contribution in [-0.2, 0) is 0 Å². The monoisotopic (exact) mass is 102 g/mol. The first-order valence-electron chi connectivity index (χ1n) is 2.47. The quantitative estimate of drug-likeness (QED) is 0.442. The summed E-state index contributed by atoms with van der Waals surface area (Å²) in [5, 5.41) is 0.736. The molecule has 0 unspecified atom stereocenters. The third kappa shape index (κ3) is 0.700. The van der Waals surface area contributed by atoms with Crippen molar-refractivity contribution in [2.75, 3.05) is 0 Å². The van der Waals surface area contributed by atoms with Gasteiger partial charge in [-0.05, 0) is 18.8 Å². The number of hydrogen-bond acceptors (Lipinski definition) is 1. The standard InChI is InChI=1S/C5H10S/c1-4-2-5(6)3-4/h4-6H,2-3H2,1H3. The van der Waals surface area contributed by atoms with E-state index in [9.17, 15) is 0 Å². The summed E-state index contributed by atoms with van der Waals surface area (Å²) in [6, 6.07) is 0. The van der Waals surface area contributed by atoms with Gasteiger partial charge < -0.3 is 0 Å². The van der Waals surface area contributed by atoms with Crippen LogP contribution in [0.4, 0.5) is 0 Å². The molecule has 0 amide bonds. The van der Waals surface area contributed by atoms with Crippen molar-refractivity contribution in [3.63, 3.8) is 0 Å². The van der Waals surface area contributed by atoms with Gasteiger partial charge in [0.2, 0.25) is 0 Å². The Labute approximate surface area is 44.3 Å². The van der Waals surface area contributed by atoms with Gasteiger partial charge in [0, 0.05) is 5.25 Å². The summed E-state index contributed by atoms with van der Waals surface area (Å²) >= 11 is 4.24. The minimum absolute atomic E-state index is 0.736. The molecular weight excluding hydrogens is 92.1 g/mol. The van der Waals surface area contributed by atoms with Crippen LogP contribution in [-0.4, -0.2) is 5.25 Å². The zero-order chi connectivity index (χ0) is 4.57. The van der Waals surface area contributed by atoms with Crippen molar-refractivity contribution >= 4 is 12.6 Å². The van der Waals surface area contributed by atoms with Gasteiger partial charge in [0.05, 0.1) is 0 Å². The lowest BCUT2D eigenvalue weighted by atomic mass is 9.87. The summed E-state index contributed by atoms with van der Waals surface area (Å²) in [5.74, 6) is 0.965. The van der Waals surface area contributed by atoms with Crippen molar-refractivity contribution in [2.45, 2.75) is 25.0 Å². The van der Waals surface area contributed by atoms with E-state index in [0.717, 1.165) is 11.2 Å². The highest BCUT2D eigenvalue weighted by Crippen LogP contribution is 2.30. The molecule has 6 heavy (non-hydrogen) atoms. The molecule has 1 aliphatic rings. The Hall–Kier alpha value is 0.350. The Bertz CT molecular complexity index is 39.9. The molecule has 1 saturated carbocycles. The zero-order valence-electron chi connectivity index (χ0n) is 4.02. The molecule has 0 aromatic rings. The zero-order valence-corrected chi connectivity index (χ0v) is 4.91. The molecule has 0 atom stereocenters. The maximum absolute atomic E-state index is 4.24. The van der Waals surface area contributed by atoms with Gasteiger partial charge in [0.15, 0.2) is 0 Å². The first-order chi connectivity index (χ1) is 2.79. The summed E-state index contributed by atoms with van der Waals surface area (Å²) in [6.45, 7) is 2.27. The van der Waals surface area contributed by atoms with Crippen LogP contribution in [0.5, 0.6) is 0 Å². The molecule has 1 rings (SSSR count). The first kappa shape index (κ1) is 4.51. The van der Waals surface area contributed by atoms with Crippen LogP contribution < -0.4 is 0 Å². The second-order valence-electron chi connectivity index (χ2n) is 2.23. The third-order valence-electron chi connectivity index (χ3n) is 1.35. The van der Waals surface area contributed by atoms with Gasteiger partial charge in [0.1, 0.15) is 0 Å². The van der Waals surface area contributed by atoms with Crippen LogP contribution in [0.2, 0.25) is 0 Å². The molecule has 36 valence electrons. The molecule has 0 spiro atoms. The average Bonchev–Trinajstić information content (AvgIpc) is 1.33. The fourth-order valence-corrected chi connectivity index (χ4v) is 1.58. The Morgan fingerprint density at radius 2 is 2.00 bits per heavy atom. The minimum atomic E-state index is 0.736. The maximum atomic E-state index is 4.24. The van der Waals surface area contributed by atoms with Gasteiger partial charge in [-0.25, -0.2) is 0 Å². The summed E-state index contributed by atoms with van der Waals surface area (Å²) in [4.78, 5) is 0. The molecular formula is C5H10S. The topological polar surface area (TPSA) is 0 Å². The van der Waals surface area contributed by atoms with Crippen LogP contribution in [0, 0.1) is 5.92 Å². The van der Waals surface area contributed by atoms with Gasteiger partial charge in [-0.1, -0.05) is 6.92 Å². The van der Waals surface area contributed by atoms with Crippen LogP contribution in [0.1, 0.15) is 19.8 Å². The van der Waals surface area contributed by atoms with E-state index in [2.05, 4.69) is 19.6 Å². The lowest BCUT2D eigenvalue weighted by Gasteiger charge is -2.27. The number of thiol groups is 1. The molecule has 0 nitrogen and oxygen atoms in total. The fourth-order valence-electron chi connectivity index (χ4n) is 0.860. The van der Waals surface area contributed by atoms with Crippen LogP contribution in [0.3, 0.4) is 0 Å². The normalized spacial score (nSPS) is 45.0. The van der Waals surface area contributed by atoms with Crippen molar-refractivity contribution in [3.8, 4) is 0 Å². The molecule has 0 aliphatic heterocycles. The third-order valence-corrected chi connectivity index (χ3v) is 1.77. The molecule has 0 aromatic heterocycles. The van der Waals surface area contributed by atoms with E-state index in [-0.39, 0.29) is 0 Å². The predicted molar refractivity (Wildman–Crippen MR) is 31.2 cm³/mol. The van der Waals surface area contributed by atoms with Gasteiger partial charge in [-0.2, -0.15) is 12.6 Å². The Balaban J connectivity index is 2.11. The molecule has 0 bridgehead atoms. The van der Waals surface area contributed by atoms with Gasteiger partial charge >= 0.3 is 0 Å². The highest BCUT2D eigenvalue weighted by atomic mass is 32.1. The van der Waals surface area contributed by atoms with E-state index in [1.54, 1.807) is 0 Å². The van der Waals surface area contributed by atoms with Crippen molar-refractivity contribution < 1.29 is 0 Å². The lowest BCUT2D eigenvalue weighted by Crippen LogP contribution is -2.20. The average molecular weight is 102 g/mol. The summed E-state index contributed by atoms with van der Waals surface area (Å²) in [5.41, 5.74) is 0. The molecule has 0 radical (unpaired) electrons. The van der Waals surface area contributed by atoms with Crippen molar-refractivity contribution in [2.24, 2.45) is 5.92 Å². The molecule has 0 saturated heterocycles. The minimum Gasteiger partial charge on any atom is -0.176 e. The number of rotatable bonds is 0. The molecule has 0 aromatic carbocycles. The van der Waals surface area contributed by atoms with Crippen molar-refractivity contribution in [1.29, 1.82) is 0 Å². The SMILES string of the molecule is CC1CC(S)C1. The molecule has 0 heterocycles. The second-order valence-corrected chi connectivity index (χ2v) is 2.96. The Morgan fingerprint density at radius 3 is 2.00 bits per heavy atom. The number of hydrogen-bond donors (Lipinski definition) is 1. The molecule has 0 N–H and O–H groups in total. The van der Waals surface area contributed by atoms with E-state index >= 15 is 0 Å². The molecule has 1 aliphatic carbocycles. The first-order valence-corrected chi connectivity index (χ1v) is 2.98. The van der Waals surface area contributed by atoms with E-state index in [1.807, 2.05) is 0 Å². The van der Waals surface area contributed by atoms with E-state index < -0.39 is 0 Å². The summed E-state index contributed by atoms with van der Waals surface area (Å²) in [6.07, 6.45) is 2.67.